The summed E-state index contributed by atoms with van der Waals surface area (Å²) in [7, 11) is -4.04. The summed E-state index contributed by atoms with van der Waals surface area (Å²) in [5.74, 6) is -1.94. The van der Waals surface area contributed by atoms with Crippen LogP contribution in [0.25, 0.3) is 0 Å². The first kappa shape index (κ1) is 19.9. The molecule has 1 aliphatic heterocycles. The van der Waals surface area contributed by atoms with Gasteiger partial charge in [-0.3, -0.25) is 9.69 Å². The number of benzene rings is 1. The molecule has 0 saturated carbocycles. The average molecular weight is 415 g/mol. The van der Waals surface area contributed by atoms with Crippen LogP contribution in [0.5, 0.6) is 0 Å². The van der Waals surface area contributed by atoms with Crippen LogP contribution in [0.15, 0.2) is 40.6 Å². The maximum Gasteiger partial charge on any atom is 0.264 e. The Morgan fingerprint density at radius 2 is 1.89 bits per heavy atom. The smallest absolute Gasteiger partial charge is 0.264 e. The minimum absolute atomic E-state index is 0.0112. The number of nitrogens with zero attached hydrogens (tertiary/aromatic N) is 2. The molecule has 1 aromatic heterocycles. The van der Waals surface area contributed by atoms with Crippen molar-refractivity contribution in [1.29, 1.82) is 0 Å². The van der Waals surface area contributed by atoms with Crippen LogP contribution in [0, 0.1) is 11.6 Å². The SMILES string of the molecule is O=C(c1cccs1)N1CCN(CCNS(=O)(=O)c2ccc(F)cc2F)CC1. The van der Waals surface area contributed by atoms with Crippen LogP contribution in [-0.2, 0) is 10.0 Å². The van der Waals surface area contributed by atoms with Crippen molar-refractivity contribution < 1.29 is 22.0 Å². The maximum absolute atomic E-state index is 13.7. The third-order valence-corrected chi connectivity index (χ3v) is 6.65. The molecule has 2 heterocycles. The highest BCUT2D eigenvalue weighted by atomic mass is 32.2. The second-order valence-corrected chi connectivity index (χ2v) is 8.77. The van der Waals surface area contributed by atoms with E-state index < -0.39 is 26.6 Å². The van der Waals surface area contributed by atoms with Crippen molar-refractivity contribution in [3.05, 3.63) is 52.2 Å². The van der Waals surface area contributed by atoms with Crippen molar-refractivity contribution in [2.75, 3.05) is 39.3 Å². The number of halogens is 2. The second kappa shape index (κ2) is 8.42. The van der Waals surface area contributed by atoms with Gasteiger partial charge in [0.05, 0.1) is 4.88 Å². The van der Waals surface area contributed by atoms with Gasteiger partial charge in [0.15, 0.2) is 0 Å². The number of carbonyl (C=O) groups excluding carboxylic acids is 1. The van der Waals surface area contributed by atoms with Crippen molar-refractivity contribution in [1.82, 2.24) is 14.5 Å². The Bertz CT molecular complexity index is 896. The highest BCUT2D eigenvalue weighted by Gasteiger charge is 2.23. The maximum atomic E-state index is 13.7. The number of sulfonamides is 1. The molecule has 0 aliphatic carbocycles. The fraction of sp³-hybridized carbons (Fsp3) is 0.353. The van der Waals surface area contributed by atoms with Crippen LogP contribution in [0.3, 0.4) is 0 Å². The van der Waals surface area contributed by atoms with Crippen molar-refractivity contribution in [3.63, 3.8) is 0 Å². The van der Waals surface area contributed by atoms with Crippen LogP contribution in [-0.4, -0.2) is 63.4 Å². The molecule has 0 spiro atoms. The zero-order chi connectivity index (χ0) is 19.4. The third-order valence-electron chi connectivity index (χ3n) is 4.30. The Labute approximate surface area is 160 Å². The minimum Gasteiger partial charge on any atom is -0.335 e. The Balaban J connectivity index is 1.47. The van der Waals surface area contributed by atoms with Gasteiger partial charge in [-0.1, -0.05) is 6.07 Å². The minimum atomic E-state index is -4.04. The second-order valence-electron chi connectivity index (χ2n) is 6.08. The highest BCUT2D eigenvalue weighted by molar-refractivity contribution is 7.89. The van der Waals surface area contributed by atoms with Gasteiger partial charge >= 0.3 is 0 Å². The van der Waals surface area contributed by atoms with E-state index in [1.165, 1.54) is 11.3 Å². The predicted molar refractivity (Wildman–Crippen MR) is 98.2 cm³/mol. The molecule has 0 radical (unpaired) electrons. The number of carbonyl (C=O) groups is 1. The van der Waals surface area contributed by atoms with Crippen molar-refractivity contribution in [3.8, 4) is 0 Å². The molecule has 1 N–H and O–H groups in total. The van der Waals surface area contributed by atoms with Gasteiger partial charge in [-0.25, -0.2) is 21.9 Å². The van der Waals surface area contributed by atoms with E-state index in [-0.39, 0.29) is 12.5 Å². The van der Waals surface area contributed by atoms with Crippen molar-refractivity contribution in [2.24, 2.45) is 0 Å². The van der Waals surface area contributed by atoms with Crippen LogP contribution in [0.1, 0.15) is 9.67 Å². The Kier molecular flexibility index (Phi) is 6.20. The molecular formula is C17H19F2N3O3S2. The van der Waals surface area contributed by atoms with E-state index in [1.54, 1.807) is 11.0 Å². The van der Waals surface area contributed by atoms with Crippen LogP contribution >= 0.6 is 11.3 Å². The average Bonchev–Trinajstić information content (AvgIpc) is 3.16. The quantitative estimate of drug-likeness (QED) is 0.781. The molecule has 1 aliphatic rings. The van der Waals surface area contributed by atoms with E-state index in [9.17, 15) is 22.0 Å². The molecular weight excluding hydrogens is 396 g/mol. The Morgan fingerprint density at radius 3 is 2.52 bits per heavy atom. The van der Waals surface area contributed by atoms with Gasteiger partial charge in [0.25, 0.3) is 5.91 Å². The number of nitrogens with one attached hydrogen (secondary N) is 1. The first-order chi connectivity index (χ1) is 12.9. The van der Waals surface area contributed by atoms with E-state index in [0.29, 0.717) is 43.7 Å². The summed E-state index contributed by atoms with van der Waals surface area (Å²) in [6.07, 6.45) is 0. The lowest BCUT2D eigenvalue weighted by molar-refractivity contribution is 0.0645. The molecule has 1 fully saturated rings. The van der Waals surface area contributed by atoms with E-state index in [1.807, 2.05) is 16.3 Å². The standard InChI is InChI=1S/C17H19F2N3O3S2/c18-13-3-4-16(14(19)12-13)27(24,25)20-5-6-21-7-9-22(10-8-21)17(23)15-2-1-11-26-15/h1-4,11-12,20H,5-10H2. The summed E-state index contributed by atoms with van der Waals surface area (Å²) >= 11 is 1.41. The summed E-state index contributed by atoms with van der Waals surface area (Å²) in [5.41, 5.74) is 0. The summed E-state index contributed by atoms with van der Waals surface area (Å²) in [4.78, 5) is 16.2. The van der Waals surface area contributed by atoms with Crippen LogP contribution in [0.4, 0.5) is 8.78 Å². The third kappa shape index (κ3) is 4.89. The number of amides is 1. The molecule has 6 nitrogen and oxygen atoms in total. The van der Waals surface area contributed by atoms with Crippen LogP contribution in [0.2, 0.25) is 0 Å². The lowest BCUT2D eigenvalue weighted by Crippen LogP contribution is -2.50. The zero-order valence-corrected chi connectivity index (χ0v) is 16.0. The van der Waals surface area contributed by atoms with Crippen LogP contribution < -0.4 is 4.72 Å². The number of hydrogen-bond acceptors (Lipinski definition) is 5. The normalized spacial score (nSPS) is 15.9. The summed E-state index contributed by atoms with van der Waals surface area (Å²) in [5, 5.41) is 1.86. The zero-order valence-electron chi connectivity index (χ0n) is 14.4. The lowest BCUT2D eigenvalue weighted by atomic mass is 10.3. The Morgan fingerprint density at radius 1 is 1.15 bits per heavy atom. The molecule has 146 valence electrons. The van der Waals surface area contributed by atoms with Gasteiger partial charge in [0, 0.05) is 45.3 Å². The van der Waals surface area contributed by atoms with E-state index in [0.717, 1.165) is 12.1 Å². The predicted octanol–water partition coefficient (Wildman–Crippen LogP) is 1.76. The lowest BCUT2D eigenvalue weighted by Gasteiger charge is -2.34. The van der Waals surface area contributed by atoms with Gasteiger partial charge < -0.3 is 4.90 Å². The van der Waals surface area contributed by atoms with Gasteiger partial charge in [0.2, 0.25) is 10.0 Å². The highest BCUT2D eigenvalue weighted by Crippen LogP contribution is 2.16. The molecule has 0 atom stereocenters. The molecule has 0 bridgehead atoms. The molecule has 10 heteroatoms. The van der Waals surface area contributed by atoms with Gasteiger partial charge in [0.1, 0.15) is 16.5 Å². The summed E-state index contributed by atoms with van der Waals surface area (Å²) in [6, 6.07) is 5.98. The molecule has 27 heavy (non-hydrogen) atoms. The molecule has 2 aromatic rings. The number of piperazine rings is 1. The number of thiophene rings is 1. The number of rotatable bonds is 6. The van der Waals surface area contributed by atoms with E-state index in [2.05, 4.69) is 4.72 Å². The summed E-state index contributed by atoms with van der Waals surface area (Å²) in [6.45, 7) is 2.92. The van der Waals surface area contributed by atoms with Crippen molar-refractivity contribution >= 4 is 27.3 Å². The monoisotopic (exact) mass is 415 g/mol. The van der Waals surface area contributed by atoms with Crippen molar-refractivity contribution in [2.45, 2.75) is 4.90 Å². The molecule has 1 aromatic carbocycles. The van der Waals surface area contributed by atoms with Gasteiger partial charge in [-0.2, -0.15) is 0 Å². The summed E-state index contributed by atoms with van der Waals surface area (Å²) < 4.78 is 53.2. The topological polar surface area (TPSA) is 69.7 Å². The largest absolute Gasteiger partial charge is 0.335 e. The fourth-order valence-corrected chi connectivity index (χ4v) is 4.61. The van der Waals surface area contributed by atoms with E-state index in [4.69, 9.17) is 0 Å². The molecule has 0 unspecified atom stereocenters. The fourth-order valence-electron chi connectivity index (χ4n) is 2.84. The molecule has 3 rings (SSSR count). The first-order valence-corrected chi connectivity index (χ1v) is 10.7. The van der Waals surface area contributed by atoms with Gasteiger partial charge in [-0.15, -0.1) is 11.3 Å². The molecule has 1 amide bonds. The molecule has 1 saturated heterocycles. The Hall–Kier alpha value is -1.88. The van der Waals surface area contributed by atoms with E-state index >= 15 is 0 Å². The van der Waals surface area contributed by atoms with Gasteiger partial charge in [-0.05, 0) is 23.6 Å². The first-order valence-electron chi connectivity index (χ1n) is 8.37. The number of hydrogen-bond donors (Lipinski definition) is 1.